The van der Waals surface area contributed by atoms with Crippen LogP contribution in [0.4, 0.5) is 8.78 Å². The number of methoxy groups -OCH3 is 1. The zero-order valence-electron chi connectivity index (χ0n) is 14.8. The second kappa shape index (κ2) is 9.03. The molecule has 0 aliphatic rings. The molecule has 0 unspecified atom stereocenters. The number of nitrogens with one attached hydrogen (secondary N) is 1. The van der Waals surface area contributed by atoms with E-state index in [-0.39, 0.29) is 29.1 Å². The first kappa shape index (κ1) is 19.5. The second-order valence-corrected chi connectivity index (χ2v) is 5.74. The molecule has 140 valence electrons. The van der Waals surface area contributed by atoms with Crippen molar-refractivity contribution in [3.05, 3.63) is 53.6 Å². The van der Waals surface area contributed by atoms with E-state index >= 15 is 0 Å². The summed E-state index contributed by atoms with van der Waals surface area (Å²) in [6.07, 6.45) is 0.0903. The zero-order chi connectivity index (χ0) is 19.1. The summed E-state index contributed by atoms with van der Waals surface area (Å²) in [5, 5.41) is 2.76. The van der Waals surface area contributed by atoms with Crippen molar-refractivity contribution in [3.8, 4) is 17.2 Å². The summed E-state index contributed by atoms with van der Waals surface area (Å²) in [6, 6.07) is 11.4. The van der Waals surface area contributed by atoms with Gasteiger partial charge in [0.15, 0.2) is 11.5 Å². The Labute approximate surface area is 150 Å². The van der Waals surface area contributed by atoms with Crippen LogP contribution in [0.2, 0.25) is 0 Å². The van der Waals surface area contributed by atoms with E-state index in [0.717, 1.165) is 11.3 Å². The fraction of sp³-hybridized carbons (Fsp3) is 0.316. The van der Waals surface area contributed by atoms with E-state index in [9.17, 15) is 13.6 Å². The predicted molar refractivity (Wildman–Crippen MR) is 93.0 cm³/mol. The van der Waals surface area contributed by atoms with Gasteiger partial charge < -0.3 is 19.5 Å². The van der Waals surface area contributed by atoms with Gasteiger partial charge in [-0.15, -0.1) is 0 Å². The topological polar surface area (TPSA) is 56.8 Å². The van der Waals surface area contributed by atoms with Gasteiger partial charge in [-0.3, -0.25) is 4.79 Å². The molecule has 0 atom stereocenters. The summed E-state index contributed by atoms with van der Waals surface area (Å²) in [6.45, 7) is 1.24. The van der Waals surface area contributed by atoms with Gasteiger partial charge in [0.2, 0.25) is 0 Å². The molecule has 7 heteroatoms. The summed E-state index contributed by atoms with van der Waals surface area (Å²) >= 11 is 0. The lowest BCUT2D eigenvalue weighted by Gasteiger charge is -2.12. The molecule has 1 N–H and O–H groups in total. The zero-order valence-corrected chi connectivity index (χ0v) is 14.8. The Morgan fingerprint density at radius 1 is 1.04 bits per heavy atom. The van der Waals surface area contributed by atoms with Crippen molar-refractivity contribution < 1.29 is 27.8 Å². The fourth-order valence-electron chi connectivity index (χ4n) is 2.24. The number of carbonyl (C=O) groups excluding carboxylic acids is 1. The summed E-state index contributed by atoms with van der Waals surface area (Å²) in [5.74, 6) is 0.344. The molecule has 0 heterocycles. The predicted octanol–water partition coefficient (Wildman–Crippen LogP) is 4.01. The highest BCUT2D eigenvalue weighted by Crippen LogP contribution is 2.29. The molecule has 0 saturated heterocycles. The smallest absolute Gasteiger partial charge is 0.387 e. The Hall–Kier alpha value is -2.83. The molecule has 0 saturated carbocycles. The highest BCUT2D eigenvalue weighted by molar-refractivity contribution is 5.94. The van der Waals surface area contributed by atoms with Crippen LogP contribution in [0, 0.1) is 0 Å². The number of benzene rings is 2. The third-order valence-electron chi connectivity index (χ3n) is 3.39. The van der Waals surface area contributed by atoms with E-state index in [0.29, 0.717) is 6.54 Å². The van der Waals surface area contributed by atoms with E-state index < -0.39 is 6.61 Å². The summed E-state index contributed by atoms with van der Waals surface area (Å²) in [5.41, 5.74) is 1.18. The lowest BCUT2D eigenvalue weighted by Crippen LogP contribution is -2.22. The molecule has 0 spiro atoms. The largest absolute Gasteiger partial charge is 0.493 e. The third-order valence-corrected chi connectivity index (χ3v) is 3.39. The molecule has 1 amide bonds. The average molecular weight is 365 g/mol. The monoisotopic (exact) mass is 365 g/mol. The van der Waals surface area contributed by atoms with Crippen LogP contribution in [0.3, 0.4) is 0 Å². The van der Waals surface area contributed by atoms with Crippen LogP contribution in [0.1, 0.15) is 29.8 Å². The molecule has 2 rings (SSSR count). The number of hydrogen-bond donors (Lipinski definition) is 1. The van der Waals surface area contributed by atoms with Crippen molar-refractivity contribution >= 4 is 5.91 Å². The third kappa shape index (κ3) is 5.61. The van der Waals surface area contributed by atoms with Crippen LogP contribution in [0.5, 0.6) is 17.2 Å². The van der Waals surface area contributed by atoms with Gasteiger partial charge in [-0.2, -0.15) is 8.78 Å². The number of halogens is 2. The molecule has 0 bridgehead atoms. The van der Waals surface area contributed by atoms with Crippen molar-refractivity contribution in [3.63, 3.8) is 0 Å². The second-order valence-electron chi connectivity index (χ2n) is 5.74. The number of carbonyl (C=O) groups is 1. The maximum absolute atomic E-state index is 12.3. The minimum Gasteiger partial charge on any atom is -0.493 e. The molecular weight excluding hydrogens is 344 g/mol. The van der Waals surface area contributed by atoms with E-state index in [1.54, 1.807) is 0 Å². The van der Waals surface area contributed by atoms with Gasteiger partial charge >= 0.3 is 6.61 Å². The van der Waals surface area contributed by atoms with Crippen molar-refractivity contribution in [2.75, 3.05) is 7.11 Å². The number of ether oxygens (including phenoxy) is 3. The summed E-state index contributed by atoms with van der Waals surface area (Å²) < 4.78 is 39.6. The van der Waals surface area contributed by atoms with Crippen LogP contribution in [-0.4, -0.2) is 25.7 Å². The standard InChI is InChI=1S/C19H21F2NO4/c1-12(2)25-15-7-4-13(5-8-15)11-22-18(23)14-6-9-16(26-19(20)21)17(10-14)24-3/h4-10,12,19H,11H2,1-3H3,(H,22,23). The minimum absolute atomic E-state index is 0.0631. The first-order valence-electron chi connectivity index (χ1n) is 8.05. The number of hydrogen-bond acceptors (Lipinski definition) is 4. The molecule has 2 aromatic carbocycles. The van der Waals surface area contributed by atoms with Gasteiger partial charge in [0, 0.05) is 12.1 Å². The Morgan fingerprint density at radius 2 is 1.73 bits per heavy atom. The Morgan fingerprint density at radius 3 is 2.31 bits per heavy atom. The molecule has 0 aliphatic carbocycles. The average Bonchev–Trinajstić information content (AvgIpc) is 2.60. The number of alkyl halides is 2. The molecule has 0 aromatic heterocycles. The van der Waals surface area contributed by atoms with Crippen LogP contribution in [-0.2, 0) is 6.54 Å². The molecule has 5 nitrogen and oxygen atoms in total. The molecule has 0 fully saturated rings. The van der Waals surface area contributed by atoms with Crippen LogP contribution in [0.15, 0.2) is 42.5 Å². The van der Waals surface area contributed by atoms with Crippen molar-refractivity contribution in [2.45, 2.75) is 33.1 Å². The lowest BCUT2D eigenvalue weighted by molar-refractivity contribution is -0.0512. The van der Waals surface area contributed by atoms with Gasteiger partial charge in [0.1, 0.15) is 5.75 Å². The Kier molecular flexibility index (Phi) is 6.77. The van der Waals surface area contributed by atoms with Gasteiger partial charge in [-0.1, -0.05) is 12.1 Å². The summed E-state index contributed by atoms with van der Waals surface area (Å²) in [7, 11) is 1.32. The number of amides is 1. The van der Waals surface area contributed by atoms with E-state index in [1.807, 2.05) is 38.1 Å². The van der Waals surface area contributed by atoms with Crippen LogP contribution >= 0.6 is 0 Å². The maximum Gasteiger partial charge on any atom is 0.387 e. The van der Waals surface area contributed by atoms with Crippen molar-refractivity contribution in [1.29, 1.82) is 0 Å². The first-order chi connectivity index (χ1) is 12.4. The van der Waals surface area contributed by atoms with Crippen LogP contribution in [0.25, 0.3) is 0 Å². The highest BCUT2D eigenvalue weighted by Gasteiger charge is 2.14. The van der Waals surface area contributed by atoms with Gasteiger partial charge in [-0.05, 0) is 49.7 Å². The van der Waals surface area contributed by atoms with E-state index in [1.165, 1.54) is 25.3 Å². The molecule has 0 radical (unpaired) electrons. The summed E-state index contributed by atoms with van der Waals surface area (Å²) in [4.78, 5) is 12.3. The first-order valence-corrected chi connectivity index (χ1v) is 8.05. The Balaban J connectivity index is 1.99. The normalized spacial score (nSPS) is 10.7. The van der Waals surface area contributed by atoms with Gasteiger partial charge in [0.25, 0.3) is 5.91 Å². The van der Waals surface area contributed by atoms with Crippen molar-refractivity contribution in [1.82, 2.24) is 5.32 Å². The number of rotatable bonds is 8. The van der Waals surface area contributed by atoms with Gasteiger partial charge in [-0.25, -0.2) is 0 Å². The molecule has 0 aliphatic heterocycles. The van der Waals surface area contributed by atoms with E-state index in [2.05, 4.69) is 10.1 Å². The molecule has 2 aromatic rings. The highest BCUT2D eigenvalue weighted by atomic mass is 19.3. The quantitative estimate of drug-likeness (QED) is 0.768. The lowest BCUT2D eigenvalue weighted by atomic mass is 10.1. The molecular formula is C19H21F2NO4. The maximum atomic E-state index is 12.3. The Bertz CT molecular complexity index is 733. The molecule has 26 heavy (non-hydrogen) atoms. The van der Waals surface area contributed by atoms with Crippen molar-refractivity contribution in [2.24, 2.45) is 0 Å². The fourth-order valence-corrected chi connectivity index (χ4v) is 2.24. The van der Waals surface area contributed by atoms with Crippen LogP contribution < -0.4 is 19.5 Å². The van der Waals surface area contributed by atoms with Gasteiger partial charge in [0.05, 0.1) is 13.2 Å². The minimum atomic E-state index is -2.97. The van der Waals surface area contributed by atoms with E-state index in [4.69, 9.17) is 9.47 Å². The SMILES string of the molecule is COc1cc(C(=O)NCc2ccc(OC(C)C)cc2)ccc1OC(F)F.